The normalized spacial score (nSPS) is 11.6. The predicted octanol–water partition coefficient (Wildman–Crippen LogP) is 2.03. The number of carbonyl (C=O) groups excluding carboxylic acids is 1. The average Bonchev–Trinajstić information content (AvgIpc) is 3.18. The summed E-state index contributed by atoms with van der Waals surface area (Å²) in [6, 6.07) is 10.2. The third kappa shape index (κ3) is 4.15. The van der Waals surface area contributed by atoms with Gasteiger partial charge >= 0.3 is 6.18 Å². The topological polar surface area (TPSA) is 77.6 Å². The average molecular weight is 378 g/mol. The maximum absolute atomic E-state index is 13.0. The molecule has 3 aromatic rings. The van der Waals surface area contributed by atoms with Crippen molar-refractivity contribution in [3.8, 4) is 11.5 Å². The molecule has 2 heterocycles. The smallest absolute Gasteiger partial charge is 0.359 e. The number of aryl methyl sites for hydroxylation is 1. The fourth-order valence-corrected chi connectivity index (χ4v) is 2.57. The second kappa shape index (κ2) is 7.22. The van der Waals surface area contributed by atoms with Crippen LogP contribution in [0.3, 0.4) is 0 Å². The zero-order valence-corrected chi connectivity index (χ0v) is 14.7. The van der Waals surface area contributed by atoms with Gasteiger partial charge in [0.2, 0.25) is 5.91 Å². The third-order valence-electron chi connectivity index (χ3n) is 3.89. The first-order valence-electron chi connectivity index (χ1n) is 8.07. The second-order valence-corrected chi connectivity index (χ2v) is 5.88. The molecule has 10 heteroatoms. The van der Waals surface area contributed by atoms with Gasteiger partial charge in [-0.3, -0.25) is 9.48 Å². The molecule has 1 amide bonds. The first-order valence-corrected chi connectivity index (χ1v) is 8.07. The lowest BCUT2D eigenvalue weighted by molar-refractivity contribution is -0.141. The van der Waals surface area contributed by atoms with Gasteiger partial charge in [0.25, 0.3) is 0 Å². The number of rotatable bonds is 5. The molecule has 0 saturated carbocycles. The molecule has 0 aliphatic rings. The van der Waals surface area contributed by atoms with Gasteiger partial charge in [0, 0.05) is 14.1 Å². The summed E-state index contributed by atoms with van der Waals surface area (Å²) in [6.45, 7) is 0.295. The van der Waals surface area contributed by atoms with Gasteiger partial charge in [0.15, 0.2) is 17.3 Å². The molecular formula is C17H17F3N6O. The molecule has 0 saturated heterocycles. The summed E-state index contributed by atoms with van der Waals surface area (Å²) in [6.07, 6.45) is -4.64. The van der Waals surface area contributed by atoms with Crippen molar-refractivity contribution in [2.24, 2.45) is 7.05 Å². The minimum atomic E-state index is -4.56. The molecule has 27 heavy (non-hydrogen) atoms. The van der Waals surface area contributed by atoms with Crippen LogP contribution in [0.4, 0.5) is 13.2 Å². The summed E-state index contributed by atoms with van der Waals surface area (Å²) in [5.41, 5.74) is 0.0457. The lowest BCUT2D eigenvalue weighted by atomic mass is 10.2. The van der Waals surface area contributed by atoms with Crippen molar-refractivity contribution in [3.63, 3.8) is 0 Å². The molecule has 0 aliphatic heterocycles. The Bertz CT molecular complexity index is 945. The maximum atomic E-state index is 13.0. The van der Waals surface area contributed by atoms with Gasteiger partial charge < -0.3 is 5.32 Å². The highest BCUT2D eigenvalue weighted by molar-refractivity contribution is 5.77. The maximum Gasteiger partial charge on any atom is 0.435 e. The fraction of sp³-hybridized carbons (Fsp3) is 0.294. The number of alkyl halides is 3. The highest BCUT2D eigenvalue weighted by atomic mass is 19.4. The summed E-state index contributed by atoms with van der Waals surface area (Å²) >= 11 is 0. The van der Waals surface area contributed by atoms with E-state index in [0.717, 1.165) is 16.3 Å². The Kier molecular flexibility index (Phi) is 4.98. The summed E-state index contributed by atoms with van der Waals surface area (Å²) in [7, 11) is 2.89. The van der Waals surface area contributed by atoms with Crippen LogP contribution in [0.25, 0.3) is 11.5 Å². The third-order valence-corrected chi connectivity index (χ3v) is 3.89. The van der Waals surface area contributed by atoms with Crippen molar-refractivity contribution in [1.82, 2.24) is 29.9 Å². The number of amides is 1. The number of halogens is 3. The van der Waals surface area contributed by atoms with Crippen LogP contribution in [-0.2, 0) is 31.0 Å². The number of likely N-dealkylation sites (N-methyl/N-ethyl adjacent to an activating group) is 1. The van der Waals surface area contributed by atoms with Gasteiger partial charge in [0.05, 0.1) is 13.0 Å². The predicted molar refractivity (Wildman–Crippen MR) is 90.5 cm³/mol. The molecule has 0 radical (unpaired) electrons. The van der Waals surface area contributed by atoms with E-state index in [0.29, 0.717) is 6.54 Å². The lowest BCUT2D eigenvalue weighted by Crippen LogP contribution is -2.20. The van der Waals surface area contributed by atoms with Crippen molar-refractivity contribution in [1.29, 1.82) is 0 Å². The molecule has 0 aliphatic carbocycles. The Morgan fingerprint density at radius 2 is 1.89 bits per heavy atom. The van der Waals surface area contributed by atoms with Crippen LogP contribution in [0, 0.1) is 0 Å². The standard InChI is InChI=1S/C17H17F3N6O/c1-21-15(27)9-14-22-16(12-8-13(17(18,19)20)23-25(12)2)26(24-14)10-11-6-4-3-5-7-11/h3-8H,9-10H2,1-2H3,(H,21,27). The first kappa shape index (κ1) is 18.6. The van der Waals surface area contributed by atoms with E-state index in [2.05, 4.69) is 20.5 Å². The summed E-state index contributed by atoms with van der Waals surface area (Å²) in [4.78, 5) is 15.9. The molecule has 142 valence electrons. The molecule has 0 bridgehead atoms. The van der Waals surface area contributed by atoms with Gasteiger partial charge in [-0.05, 0) is 11.6 Å². The van der Waals surface area contributed by atoms with E-state index < -0.39 is 11.9 Å². The molecule has 2 aromatic heterocycles. The molecule has 0 spiro atoms. The largest absolute Gasteiger partial charge is 0.435 e. The van der Waals surface area contributed by atoms with Crippen LogP contribution in [-0.4, -0.2) is 37.5 Å². The van der Waals surface area contributed by atoms with Crippen molar-refractivity contribution >= 4 is 5.91 Å². The Labute approximate surface area is 152 Å². The molecular weight excluding hydrogens is 361 g/mol. The van der Waals surface area contributed by atoms with Crippen LogP contribution < -0.4 is 5.32 Å². The zero-order valence-electron chi connectivity index (χ0n) is 14.7. The van der Waals surface area contributed by atoms with Gasteiger partial charge in [-0.1, -0.05) is 30.3 Å². The molecule has 0 atom stereocenters. The highest BCUT2D eigenvalue weighted by Crippen LogP contribution is 2.31. The molecule has 1 aromatic carbocycles. The second-order valence-electron chi connectivity index (χ2n) is 5.88. The van der Waals surface area contributed by atoms with E-state index in [1.807, 2.05) is 30.3 Å². The Morgan fingerprint density at radius 3 is 2.48 bits per heavy atom. The quantitative estimate of drug-likeness (QED) is 0.737. The number of hydrogen-bond acceptors (Lipinski definition) is 4. The molecule has 7 nitrogen and oxygen atoms in total. The van der Waals surface area contributed by atoms with Crippen molar-refractivity contribution < 1.29 is 18.0 Å². The Morgan fingerprint density at radius 1 is 1.19 bits per heavy atom. The van der Waals surface area contributed by atoms with E-state index in [9.17, 15) is 18.0 Å². The summed E-state index contributed by atoms with van der Waals surface area (Å²) in [5.74, 6) is 0.137. The zero-order chi connectivity index (χ0) is 19.6. The van der Waals surface area contributed by atoms with Crippen LogP contribution in [0.15, 0.2) is 36.4 Å². The Balaban J connectivity index is 2.04. The van der Waals surface area contributed by atoms with Gasteiger partial charge in [0.1, 0.15) is 5.69 Å². The van der Waals surface area contributed by atoms with Gasteiger partial charge in [-0.15, -0.1) is 0 Å². The monoisotopic (exact) mass is 378 g/mol. The molecule has 0 unspecified atom stereocenters. The van der Waals surface area contributed by atoms with E-state index in [1.54, 1.807) is 0 Å². The number of carbonyl (C=O) groups is 1. The minimum Gasteiger partial charge on any atom is -0.359 e. The number of benzene rings is 1. The van der Waals surface area contributed by atoms with E-state index in [4.69, 9.17) is 0 Å². The Hall–Kier alpha value is -3.17. The van der Waals surface area contributed by atoms with E-state index >= 15 is 0 Å². The fourth-order valence-electron chi connectivity index (χ4n) is 2.57. The molecule has 1 N–H and O–H groups in total. The number of hydrogen-bond donors (Lipinski definition) is 1. The number of nitrogens with one attached hydrogen (secondary N) is 1. The number of aromatic nitrogens is 5. The van der Waals surface area contributed by atoms with Crippen LogP contribution in [0.5, 0.6) is 0 Å². The summed E-state index contributed by atoms with van der Waals surface area (Å²) < 4.78 is 41.6. The SMILES string of the molecule is CNC(=O)Cc1nc(-c2cc(C(F)(F)F)nn2C)n(Cc2ccccc2)n1. The van der Waals surface area contributed by atoms with Crippen molar-refractivity contribution in [3.05, 3.63) is 53.5 Å². The van der Waals surface area contributed by atoms with Crippen LogP contribution in [0.2, 0.25) is 0 Å². The molecule has 3 rings (SSSR count). The van der Waals surface area contributed by atoms with Gasteiger partial charge in [-0.2, -0.15) is 23.4 Å². The lowest BCUT2D eigenvalue weighted by Gasteiger charge is -2.06. The minimum absolute atomic E-state index is 0.0741. The van der Waals surface area contributed by atoms with E-state index in [-0.39, 0.29) is 29.7 Å². The van der Waals surface area contributed by atoms with Crippen molar-refractivity contribution in [2.75, 3.05) is 7.05 Å². The van der Waals surface area contributed by atoms with Crippen LogP contribution >= 0.6 is 0 Å². The summed E-state index contributed by atoms with van der Waals surface area (Å²) in [5, 5.41) is 10.3. The van der Waals surface area contributed by atoms with Gasteiger partial charge in [-0.25, -0.2) is 9.67 Å². The number of nitrogens with zero attached hydrogens (tertiary/aromatic N) is 5. The van der Waals surface area contributed by atoms with E-state index in [1.165, 1.54) is 18.8 Å². The first-order chi connectivity index (χ1) is 12.8. The molecule has 0 fully saturated rings. The highest BCUT2D eigenvalue weighted by Gasteiger charge is 2.35. The van der Waals surface area contributed by atoms with Crippen LogP contribution in [0.1, 0.15) is 17.1 Å². The van der Waals surface area contributed by atoms with Crippen molar-refractivity contribution in [2.45, 2.75) is 19.1 Å².